The van der Waals surface area contributed by atoms with Crippen molar-refractivity contribution >= 4 is 49.8 Å². The molecule has 0 amide bonds. The minimum atomic E-state index is -0.166. The molecule has 8 rings (SSSR count). The predicted molar refractivity (Wildman–Crippen MR) is 224 cm³/mol. The maximum Gasteiger partial charge on any atom is 0.210 e. The van der Waals surface area contributed by atoms with E-state index in [4.69, 9.17) is 9.47 Å². The number of fused-ring (bicyclic) bond motifs is 7. The number of allylic oxidation sites excluding steroid dienone is 8. The first-order valence-corrected chi connectivity index (χ1v) is 19.1. The van der Waals surface area contributed by atoms with E-state index >= 15 is 0 Å². The standard InChI is InChI=1S/C49H51N2O2/c1-48(2)44(50(29-13-31-52-5)42-25-21-34-15-7-9-19-40(34)46(42)48)27-23-36-33-37(39-18-12-11-17-38(36)39)24-28-45-49(3,4)47-41-20-10-8-16-35(41)22-26-43(47)51(45)30-14-32-53-6/h7-12,15-28,33H,13-14,29-32H2,1-6H3/q+1. The topological polar surface area (TPSA) is 24.7 Å². The highest BCUT2D eigenvalue weighted by Crippen LogP contribution is 2.51. The van der Waals surface area contributed by atoms with E-state index in [1.165, 1.54) is 77.7 Å². The molecule has 5 aromatic carbocycles. The second kappa shape index (κ2) is 14.1. The van der Waals surface area contributed by atoms with Crippen LogP contribution < -0.4 is 4.90 Å². The molecule has 0 radical (unpaired) electrons. The van der Waals surface area contributed by atoms with Crippen LogP contribution in [0.1, 0.15) is 62.8 Å². The highest BCUT2D eigenvalue weighted by Gasteiger charge is 2.45. The molecule has 2 aliphatic heterocycles. The highest BCUT2D eigenvalue weighted by molar-refractivity contribution is 6.09. The van der Waals surface area contributed by atoms with E-state index in [9.17, 15) is 0 Å². The molecule has 0 atom stereocenters. The van der Waals surface area contributed by atoms with Crippen molar-refractivity contribution in [3.05, 3.63) is 155 Å². The Labute approximate surface area is 315 Å². The molecule has 0 spiro atoms. The van der Waals surface area contributed by atoms with Crippen LogP contribution in [0.25, 0.3) is 32.7 Å². The van der Waals surface area contributed by atoms with Crippen molar-refractivity contribution in [1.29, 1.82) is 0 Å². The lowest BCUT2D eigenvalue weighted by Gasteiger charge is -2.27. The summed E-state index contributed by atoms with van der Waals surface area (Å²) in [7, 11) is 3.58. The van der Waals surface area contributed by atoms with Gasteiger partial charge in [-0.3, -0.25) is 0 Å². The molecule has 0 saturated heterocycles. The van der Waals surface area contributed by atoms with Gasteiger partial charge in [-0.25, -0.2) is 0 Å². The maximum absolute atomic E-state index is 5.50. The zero-order valence-corrected chi connectivity index (χ0v) is 32.1. The van der Waals surface area contributed by atoms with E-state index in [0.29, 0.717) is 0 Å². The summed E-state index contributed by atoms with van der Waals surface area (Å²) in [6.45, 7) is 12.8. The zero-order valence-electron chi connectivity index (χ0n) is 32.1. The highest BCUT2D eigenvalue weighted by atomic mass is 16.5. The predicted octanol–water partition coefficient (Wildman–Crippen LogP) is 11.2. The van der Waals surface area contributed by atoms with Crippen LogP contribution >= 0.6 is 0 Å². The Morgan fingerprint density at radius 3 is 2.02 bits per heavy atom. The summed E-state index contributed by atoms with van der Waals surface area (Å²) in [5.41, 5.74) is 12.8. The molecule has 0 unspecified atom stereocenters. The number of benzene rings is 5. The Balaban J connectivity index is 1.20. The van der Waals surface area contributed by atoms with Gasteiger partial charge in [0.05, 0.1) is 12.0 Å². The van der Waals surface area contributed by atoms with Gasteiger partial charge in [-0.1, -0.05) is 98.8 Å². The molecular formula is C49H51N2O2+. The first kappa shape index (κ1) is 35.0. The summed E-state index contributed by atoms with van der Waals surface area (Å²) in [6, 6.07) is 35.6. The average molecular weight is 700 g/mol. The molecule has 0 saturated carbocycles. The van der Waals surface area contributed by atoms with Gasteiger partial charge >= 0.3 is 0 Å². The molecule has 0 aromatic heterocycles. The summed E-state index contributed by atoms with van der Waals surface area (Å²) in [6.07, 6.45) is 13.7. The molecule has 1 aliphatic carbocycles. The van der Waals surface area contributed by atoms with Crippen molar-refractivity contribution in [3.63, 3.8) is 0 Å². The van der Waals surface area contributed by atoms with E-state index in [2.05, 4.69) is 165 Å². The first-order valence-electron chi connectivity index (χ1n) is 19.1. The fourth-order valence-corrected chi connectivity index (χ4v) is 9.21. The molecule has 53 heavy (non-hydrogen) atoms. The second-order valence-corrected chi connectivity index (χ2v) is 15.6. The van der Waals surface area contributed by atoms with Crippen molar-refractivity contribution < 1.29 is 14.0 Å². The number of hydrogen-bond acceptors (Lipinski definition) is 3. The summed E-state index contributed by atoms with van der Waals surface area (Å²) in [5, 5.41) is 5.24. The smallest absolute Gasteiger partial charge is 0.210 e. The molecule has 4 heteroatoms. The van der Waals surface area contributed by atoms with Crippen LogP contribution in [0.5, 0.6) is 0 Å². The van der Waals surface area contributed by atoms with Crippen LogP contribution in [0.4, 0.5) is 11.4 Å². The fraction of sp³-hybridized carbons (Fsp3) is 0.286. The molecule has 5 aromatic rings. The van der Waals surface area contributed by atoms with Gasteiger partial charge in [0, 0.05) is 68.3 Å². The van der Waals surface area contributed by atoms with Gasteiger partial charge < -0.3 is 14.4 Å². The summed E-state index contributed by atoms with van der Waals surface area (Å²) in [5.74, 6) is 0. The number of anilines is 1. The van der Waals surface area contributed by atoms with Crippen LogP contribution in [0.15, 0.2) is 133 Å². The third-order valence-electron chi connectivity index (χ3n) is 11.7. The SMILES string of the molecule is COCCCN1/C(=C/C=C2C=C(/C=C/C3=[N+](CCCOC)c4ccc5ccccc5c4C3(C)C)c3ccccc3/2)C(C)(C)c2c1ccc1ccccc21. The number of hydrogen-bond donors (Lipinski definition) is 0. The van der Waals surface area contributed by atoms with Crippen LogP contribution in [-0.2, 0) is 20.3 Å². The number of ether oxygens (including phenoxy) is 2. The second-order valence-electron chi connectivity index (χ2n) is 15.6. The quantitative estimate of drug-likeness (QED) is 0.101. The van der Waals surface area contributed by atoms with Crippen molar-refractivity contribution in [2.45, 2.75) is 51.4 Å². The molecule has 0 N–H and O–H groups in total. The summed E-state index contributed by atoms with van der Waals surface area (Å²) >= 11 is 0. The molecule has 268 valence electrons. The molecule has 0 fully saturated rings. The Morgan fingerprint density at radius 2 is 1.28 bits per heavy atom. The fourth-order valence-electron chi connectivity index (χ4n) is 9.21. The molecule has 4 nitrogen and oxygen atoms in total. The zero-order chi connectivity index (χ0) is 36.7. The average Bonchev–Trinajstić information content (AvgIpc) is 3.71. The van der Waals surface area contributed by atoms with Gasteiger partial charge in [0.15, 0.2) is 12.3 Å². The third-order valence-corrected chi connectivity index (χ3v) is 11.7. The Morgan fingerprint density at radius 1 is 0.642 bits per heavy atom. The molecule has 2 heterocycles. The van der Waals surface area contributed by atoms with E-state index in [1.807, 2.05) is 0 Å². The molecular weight excluding hydrogens is 649 g/mol. The van der Waals surface area contributed by atoms with Crippen molar-refractivity contribution in [3.8, 4) is 0 Å². The van der Waals surface area contributed by atoms with E-state index < -0.39 is 0 Å². The third kappa shape index (κ3) is 5.99. The van der Waals surface area contributed by atoms with Gasteiger partial charge in [-0.15, -0.1) is 0 Å². The Kier molecular flexibility index (Phi) is 9.30. The van der Waals surface area contributed by atoms with E-state index in [-0.39, 0.29) is 10.8 Å². The normalized spacial score (nSPS) is 18.5. The van der Waals surface area contributed by atoms with Crippen molar-refractivity contribution in [2.75, 3.05) is 45.4 Å². The lowest BCUT2D eigenvalue weighted by Crippen LogP contribution is -2.28. The van der Waals surface area contributed by atoms with Crippen LogP contribution in [-0.4, -0.2) is 50.8 Å². The largest absolute Gasteiger partial charge is 0.385 e. The number of nitrogens with zero attached hydrogens (tertiary/aromatic N) is 2. The van der Waals surface area contributed by atoms with Crippen LogP contribution in [0.2, 0.25) is 0 Å². The Hall–Kier alpha value is -5.03. The van der Waals surface area contributed by atoms with Gasteiger partial charge in [0.1, 0.15) is 0 Å². The van der Waals surface area contributed by atoms with Crippen LogP contribution in [0, 0.1) is 0 Å². The minimum Gasteiger partial charge on any atom is -0.385 e. The summed E-state index contributed by atoms with van der Waals surface area (Å²) < 4.78 is 13.5. The van der Waals surface area contributed by atoms with Gasteiger partial charge in [0.2, 0.25) is 5.69 Å². The minimum absolute atomic E-state index is 0.166. The molecule has 3 aliphatic rings. The van der Waals surface area contributed by atoms with Crippen LogP contribution in [0.3, 0.4) is 0 Å². The van der Waals surface area contributed by atoms with Gasteiger partial charge in [0.25, 0.3) is 0 Å². The lowest BCUT2D eigenvalue weighted by atomic mass is 9.79. The van der Waals surface area contributed by atoms with E-state index in [1.54, 1.807) is 14.2 Å². The molecule has 0 bridgehead atoms. The van der Waals surface area contributed by atoms with E-state index in [0.717, 1.165) is 39.1 Å². The summed E-state index contributed by atoms with van der Waals surface area (Å²) in [4.78, 5) is 2.53. The number of methoxy groups -OCH3 is 2. The lowest BCUT2D eigenvalue weighted by molar-refractivity contribution is -0.438. The van der Waals surface area contributed by atoms with Gasteiger partial charge in [-0.2, -0.15) is 4.58 Å². The Bertz CT molecular complexity index is 2390. The van der Waals surface area contributed by atoms with Gasteiger partial charge in [-0.05, 0) is 100 Å². The monoisotopic (exact) mass is 699 g/mol. The number of rotatable bonds is 11. The van der Waals surface area contributed by atoms with Crippen molar-refractivity contribution in [2.24, 2.45) is 0 Å². The van der Waals surface area contributed by atoms with Crippen molar-refractivity contribution in [1.82, 2.24) is 0 Å². The maximum atomic E-state index is 5.50. The first-order chi connectivity index (χ1) is 25.8.